The number of β-amino-alcohol motifs (C(OH)–C–C–N with tert-alkyl or cyclic N) is 1. The van der Waals surface area contributed by atoms with Crippen LogP contribution >= 0.6 is 0 Å². The maximum atomic E-state index is 14.3. The number of aryl methyl sites for hydroxylation is 1. The molecular formula is C26H33F2NO4. The normalized spacial score (nSPS) is 18.4. The van der Waals surface area contributed by atoms with Gasteiger partial charge in [0.1, 0.15) is 11.6 Å². The lowest BCUT2D eigenvalue weighted by Gasteiger charge is -2.28. The first-order chi connectivity index (χ1) is 15.7. The average Bonchev–Trinajstić information content (AvgIpc) is 3.19. The van der Waals surface area contributed by atoms with Crippen molar-refractivity contribution in [3.05, 3.63) is 70.3 Å². The molecule has 0 spiro atoms. The first-order valence-electron chi connectivity index (χ1n) is 11.5. The summed E-state index contributed by atoms with van der Waals surface area (Å²) in [5.74, 6) is -1.63. The molecule has 1 fully saturated rings. The third kappa shape index (κ3) is 7.06. The second-order valence-electron chi connectivity index (χ2n) is 8.91. The molecule has 2 N–H and O–H groups in total. The van der Waals surface area contributed by atoms with Gasteiger partial charge in [0.2, 0.25) is 0 Å². The highest BCUT2D eigenvalue weighted by molar-refractivity contribution is 5.67. The van der Waals surface area contributed by atoms with Crippen LogP contribution in [0, 0.1) is 18.6 Å². The maximum Gasteiger partial charge on any atom is 0.303 e. The van der Waals surface area contributed by atoms with Crippen LogP contribution < -0.4 is 0 Å². The molecule has 1 heterocycles. The van der Waals surface area contributed by atoms with Gasteiger partial charge < -0.3 is 14.9 Å². The second kappa shape index (κ2) is 11.7. The molecule has 2 aromatic rings. The third-order valence-electron chi connectivity index (χ3n) is 6.37. The van der Waals surface area contributed by atoms with E-state index in [1.165, 1.54) is 6.07 Å². The summed E-state index contributed by atoms with van der Waals surface area (Å²) in [7, 11) is 0. The molecule has 2 aromatic carbocycles. The van der Waals surface area contributed by atoms with Gasteiger partial charge in [-0.3, -0.25) is 9.69 Å². The number of benzene rings is 2. The van der Waals surface area contributed by atoms with Crippen LogP contribution in [0.5, 0.6) is 0 Å². The van der Waals surface area contributed by atoms with Crippen LogP contribution in [-0.4, -0.2) is 52.9 Å². The highest BCUT2D eigenvalue weighted by Gasteiger charge is 2.27. The van der Waals surface area contributed by atoms with E-state index in [1.807, 2.05) is 6.07 Å². The van der Waals surface area contributed by atoms with Crippen molar-refractivity contribution >= 4 is 5.97 Å². The van der Waals surface area contributed by atoms with E-state index >= 15 is 0 Å². The van der Waals surface area contributed by atoms with E-state index in [2.05, 4.69) is 4.90 Å². The summed E-state index contributed by atoms with van der Waals surface area (Å²) < 4.78 is 34.0. The Balaban J connectivity index is 1.54. The second-order valence-corrected chi connectivity index (χ2v) is 8.91. The van der Waals surface area contributed by atoms with Crippen molar-refractivity contribution in [1.82, 2.24) is 4.90 Å². The highest BCUT2D eigenvalue weighted by atomic mass is 19.1. The quantitative estimate of drug-likeness (QED) is 0.518. The molecule has 180 valence electrons. The lowest BCUT2D eigenvalue weighted by atomic mass is 9.98. The molecule has 3 rings (SSSR count). The molecule has 0 aromatic heterocycles. The Hall–Kier alpha value is -2.35. The van der Waals surface area contributed by atoms with Gasteiger partial charge >= 0.3 is 5.97 Å². The van der Waals surface area contributed by atoms with Crippen LogP contribution in [0.15, 0.2) is 36.4 Å². The fourth-order valence-electron chi connectivity index (χ4n) is 4.52. The van der Waals surface area contributed by atoms with E-state index in [9.17, 15) is 18.7 Å². The standard InChI is InChI=1S/C26H33F2NO4/c1-17-8-9-19(14-25(17)28)13-20-5-4-12-29(20)15-21(30)16-33-18(2)22-6-3-7-24(27)23(22)10-11-26(31)32/h3,6-9,14,18,20-21,30H,4-5,10-13,15-16H2,1-2H3,(H,31,32)/t18-,20+,21-/m1/s1. The number of hydrogen-bond acceptors (Lipinski definition) is 4. The molecule has 1 aliphatic heterocycles. The molecule has 0 unspecified atom stereocenters. The molecule has 0 bridgehead atoms. The minimum atomic E-state index is -0.985. The molecule has 3 atom stereocenters. The van der Waals surface area contributed by atoms with Gasteiger partial charge in [0.25, 0.3) is 0 Å². The van der Waals surface area contributed by atoms with Crippen molar-refractivity contribution in [3.8, 4) is 0 Å². The Morgan fingerprint density at radius 2 is 2.03 bits per heavy atom. The lowest BCUT2D eigenvalue weighted by molar-refractivity contribution is -0.136. The van der Waals surface area contributed by atoms with Gasteiger partial charge in [-0.2, -0.15) is 0 Å². The smallest absolute Gasteiger partial charge is 0.303 e. The van der Waals surface area contributed by atoms with Gasteiger partial charge in [-0.25, -0.2) is 8.78 Å². The number of aliphatic hydroxyl groups is 1. The van der Waals surface area contributed by atoms with Gasteiger partial charge in [0, 0.05) is 19.0 Å². The largest absolute Gasteiger partial charge is 0.481 e. The molecule has 7 heteroatoms. The predicted molar refractivity (Wildman–Crippen MR) is 122 cm³/mol. The Kier molecular flexibility index (Phi) is 8.95. The SMILES string of the molecule is Cc1ccc(C[C@@H]2CCCN2C[C@@H](O)CO[C@H](C)c2cccc(F)c2CCC(=O)O)cc1F. The lowest BCUT2D eigenvalue weighted by Crippen LogP contribution is -2.39. The first-order valence-corrected chi connectivity index (χ1v) is 11.5. The number of hydrogen-bond donors (Lipinski definition) is 2. The number of aliphatic hydroxyl groups excluding tert-OH is 1. The Morgan fingerprint density at radius 1 is 1.24 bits per heavy atom. The third-order valence-corrected chi connectivity index (χ3v) is 6.37. The van der Waals surface area contributed by atoms with Crippen molar-refractivity contribution in [3.63, 3.8) is 0 Å². The number of carboxylic acid groups (broad SMARTS) is 1. The fourth-order valence-corrected chi connectivity index (χ4v) is 4.52. The van der Waals surface area contributed by atoms with Crippen molar-refractivity contribution < 1.29 is 28.5 Å². The molecule has 5 nitrogen and oxygen atoms in total. The molecule has 33 heavy (non-hydrogen) atoms. The van der Waals surface area contributed by atoms with Crippen LogP contribution in [0.1, 0.15) is 54.5 Å². The van der Waals surface area contributed by atoms with Gasteiger partial charge in [0.15, 0.2) is 0 Å². The predicted octanol–water partition coefficient (Wildman–Crippen LogP) is 4.44. The van der Waals surface area contributed by atoms with Crippen LogP contribution in [0.2, 0.25) is 0 Å². The average molecular weight is 462 g/mol. The summed E-state index contributed by atoms with van der Waals surface area (Å²) in [4.78, 5) is 13.1. The molecular weight excluding hydrogens is 428 g/mol. The molecule has 0 amide bonds. The molecule has 1 aliphatic rings. The van der Waals surface area contributed by atoms with Gasteiger partial charge in [-0.05, 0) is 80.5 Å². The van der Waals surface area contributed by atoms with Crippen molar-refractivity contribution in [2.24, 2.45) is 0 Å². The van der Waals surface area contributed by atoms with E-state index < -0.39 is 24.0 Å². The summed E-state index contributed by atoms with van der Waals surface area (Å²) in [5.41, 5.74) is 2.53. The summed E-state index contributed by atoms with van der Waals surface area (Å²) in [6.07, 6.45) is 1.47. The number of carboxylic acids is 1. The Morgan fingerprint density at radius 3 is 2.76 bits per heavy atom. The molecule has 1 saturated heterocycles. The number of carbonyl (C=O) groups is 1. The molecule has 0 saturated carbocycles. The highest BCUT2D eigenvalue weighted by Crippen LogP contribution is 2.26. The minimum absolute atomic E-state index is 0.0818. The van der Waals surface area contributed by atoms with Crippen molar-refractivity contribution in [1.29, 1.82) is 0 Å². The van der Waals surface area contributed by atoms with Gasteiger partial charge in [0.05, 0.1) is 18.8 Å². The zero-order chi connectivity index (χ0) is 24.0. The Labute approximate surface area is 194 Å². The van der Waals surface area contributed by atoms with Crippen LogP contribution in [-0.2, 0) is 22.4 Å². The number of rotatable bonds is 11. The van der Waals surface area contributed by atoms with Gasteiger partial charge in [-0.15, -0.1) is 0 Å². The summed E-state index contributed by atoms with van der Waals surface area (Å²) in [6.45, 7) is 4.92. The monoisotopic (exact) mass is 461 g/mol. The van der Waals surface area contributed by atoms with E-state index in [-0.39, 0.29) is 31.3 Å². The summed E-state index contributed by atoms with van der Waals surface area (Å²) in [5, 5.41) is 19.5. The van der Waals surface area contributed by atoms with Crippen LogP contribution in [0.3, 0.4) is 0 Å². The van der Waals surface area contributed by atoms with E-state index in [4.69, 9.17) is 9.84 Å². The molecule has 0 radical (unpaired) electrons. The van der Waals surface area contributed by atoms with E-state index in [0.29, 0.717) is 23.2 Å². The topological polar surface area (TPSA) is 70.0 Å². The number of likely N-dealkylation sites (tertiary alicyclic amines) is 1. The maximum absolute atomic E-state index is 14.3. The van der Waals surface area contributed by atoms with Crippen molar-refractivity contribution in [2.75, 3.05) is 19.7 Å². The minimum Gasteiger partial charge on any atom is -0.481 e. The zero-order valence-corrected chi connectivity index (χ0v) is 19.3. The zero-order valence-electron chi connectivity index (χ0n) is 19.3. The number of ether oxygens (including phenoxy) is 1. The number of aliphatic carboxylic acids is 1. The molecule has 0 aliphatic carbocycles. The number of nitrogens with zero attached hydrogens (tertiary/aromatic N) is 1. The van der Waals surface area contributed by atoms with Crippen molar-refractivity contribution in [2.45, 2.75) is 64.2 Å². The van der Waals surface area contributed by atoms with E-state index in [0.717, 1.165) is 31.4 Å². The Bertz CT molecular complexity index is 952. The summed E-state index contributed by atoms with van der Waals surface area (Å²) in [6, 6.07) is 10.2. The van der Waals surface area contributed by atoms with Crippen LogP contribution in [0.25, 0.3) is 0 Å². The first kappa shape index (κ1) is 25.3. The van der Waals surface area contributed by atoms with Crippen LogP contribution in [0.4, 0.5) is 8.78 Å². The fraction of sp³-hybridized carbons (Fsp3) is 0.500. The van der Waals surface area contributed by atoms with Gasteiger partial charge in [-0.1, -0.05) is 24.3 Å². The number of halogens is 2. The van der Waals surface area contributed by atoms with E-state index in [1.54, 1.807) is 38.1 Å². The summed E-state index contributed by atoms with van der Waals surface area (Å²) >= 11 is 0.